The number of hydrogen-bond donors (Lipinski definition) is 1. The summed E-state index contributed by atoms with van der Waals surface area (Å²) >= 11 is 2.78. The van der Waals surface area contributed by atoms with Crippen molar-refractivity contribution in [3.05, 3.63) is 35.6 Å². The number of rotatable bonds is 5. The number of carbonyl (C=O) groups is 1. The number of halogens is 1. The number of Topliss-reactive ketones (excluding diaryl/α,β-unsaturated/α-hetero) is 1. The van der Waals surface area contributed by atoms with Crippen LogP contribution >= 0.6 is 23.1 Å². The Morgan fingerprint density at radius 2 is 1.91 bits per heavy atom. The van der Waals surface area contributed by atoms with E-state index in [-0.39, 0.29) is 22.4 Å². The molecule has 0 fully saturated rings. The second-order valence-corrected chi connectivity index (χ2v) is 8.44. The van der Waals surface area contributed by atoms with Crippen molar-refractivity contribution < 1.29 is 9.18 Å². The lowest BCUT2D eigenvalue weighted by molar-refractivity contribution is 0.0994. The van der Waals surface area contributed by atoms with Gasteiger partial charge < -0.3 is 5.32 Å². The van der Waals surface area contributed by atoms with Crippen LogP contribution < -0.4 is 5.32 Å². The Labute approximate surface area is 137 Å². The third-order valence-corrected chi connectivity index (χ3v) is 4.69. The first-order chi connectivity index (χ1) is 10.2. The molecule has 0 bridgehead atoms. The van der Waals surface area contributed by atoms with Gasteiger partial charge >= 0.3 is 0 Å². The van der Waals surface area contributed by atoms with Gasteiger partial charge in [0.25, 0.3) is 0 Å². The van der Waals surface area contributed by atoms with Gasteiger partial charge in [-0.25, -0.2) is 4.39 Å². The second-order valence-electron chi connectivity index (χ2n) is 5.88. The van der Waals surface area contributed by atoms with Gasteiger partial charge in [-0.1, -0.05) is 23.1 Å². The molecule has 1 unspecified atom stereocenters. The van der Waals surface area contributed by atoms with Crippen LogP contribution in [0.25, 0.3) is 0 Å². The molecule has 0 saturated carbocycles. The van der Waals surface area contributed by atoms with Gasteiger partial charge in [-0.2, -0.15) is 0 Å². The Hall–Kier alpha value is -1.47. The van der Waals surface area contributed by atoms with Gasteiger partial charge in [0.15, 0.2) is 10.1 Å². The third kappa shape index (κ3) is 4.78. The molecule has 0 saturated heterocycles. The monoisotopic (exact) mass is 339 g/mol. The van der Waals surface area contributed by atoms with Crippen molar-refractivity contribution in [1.29, 1.82) is 0 Å². The van der Waals surface area contributed by atoms with Crippen LogP contribution in [-0.2, 0) is 0 Å². The Morgan fingerprint density at radius 3 is 2.50 bits per heavy atom. The number of ketones is 1. The molecular weight excluding hydrogens is 321 g/mol. The van der Waals surface area contributed by atoms with Crippen molar-refractivity contribution in [3.8, 4) is 0 Å². The summed E-state index contributed by atoms with van der Waals surface area (Å²) in [7, 11) is 0. The maximum atomic E-state index is 12.9. The fourth-order valence-corrected chi connectivity index (χ4v) is 3.86. The van der Waals surface area contributed by atoms with Crippen molar-refractivity contribution in [2.75, 3.05) is 5.32 Å². The molecule has 0 radical (unpaired) electrons. The molecule has 0 aliphatic heterocycles. The number of hydrogen-bond acceptors (Lipinski definition) is 6. The fraction of sp³-hybridized carbons (Fsp3) is 0.400. The normalized spacial score (nSPS) is 13.0. The van der Waals surface area contributed by atoms with Crippen LogP contribution in [0.1, 0.15) is 38.1 Å². The van der Waals surface area contributed by atoms with E-state index in [1.54, 1.807) is 0 Å². The van der Waals surface area contributed by atoms with Gasteiger partial charge in [0, 0.05) is 11.1 Å². The first-order valence-corrected chi connectivity index (χ1v) is 8.52. The molecule has 0 spiro atoms. The minimum Gasteiger partial charge on any atom is -0.355 e. The summed E-state index contributed by atoms with van der Waals surface area (Å²) < 4.78 is 13.6. The fourth-order valence-electron chi connectivity index (χ4n) is 1.68. The second kappa shape index (κ2) is 6.75. The lowest BCUT2D eigenvalue weighted by Crippen LogP contribution is -2.25. The highest BCUT2D eigenvalue weighted by Crippen LogP contribution is 2.31. The van der Waals surface area contributed by atoms with E-state index in [0.29, 0.717) is 5.56 Å². The molecule has 1 aromatic carbocycles. The minimum atomic E-state index is -0.348. The predicted molar refractivity (Wildman–Crippen MR) is 89.3 cm³/mol. The highest BCUT2D eigenvalue weighted by atomic mass is 32.2. The van der Waals surface area contributed by atoms with E-state index in [1.165, 1.54) is 47.4 Å². The number of nitrogens with one attached hydrogen (secondary N) is 1. The molecule has 0 aliphatic carbocycles. The summed E-state index contributed by atoms with van der Waals surface area (Å²) in [5, 5.41) is 11.8. The van der Waals surface area contributed by atoms with Crippen LogP contribution in [0.15, 0.2) is 28.6 Å². The number of aromatic nitrogens is 2. The summed E-state index contributed by atoms with van der Waals surface area (Å²) in [5.41, 5.74) is 0.413. The van der Waals surface area contributed by atoms with E-state index in [0.717, 1.165) is 9.47 Å². The average Bonchev–Trinajstić information content (AvgIpc) is 2.83. The van der Waals surface area contributed by atoms with E-state index >= 15 is 0 Å². The largest absolute Gasteiger partial charge is 0.355 e. The maximum absolute atomic E-state index is 12.9. The number of nitrogens with zero attached hydrogens (tertiary/aromatic N) is 2. The summed E-state index contributed by atoms with van der Waals surface area (Å²) in [6.07, 6.45) is 0. The number of anilines is 1. The van der Waals surface area contributed by atoms with E-state index in [1.807, 2.05) is 27.7 Å². The minimum absolute atomic E-state index is 0.0504. The van der Waals surface area contributed by atoms with Gasteiger partial charge in [0.1, 0.15) is 5.82 Å². The van der Waals surface area contributed by atoms with Gasteiger partial charge in [-0.15, -0.1) is 10.2 Å². The standard InChI is InChI=1S/C15H18FN3OS2/c1-9(12(20)10-5-7-11(16)8-6-10)21-14-19-18-13(22-14)17-15(2,3)4/h5-9H,1-4H3,(H,17,18). The molecule has 2 rings (SSSR count). The SMILES string of the molecule is CC(Sc1nnc(NC(C)(C)C)s1)C(=O)c1ccc(F)cc1. The van der Waals surface area contributed by atoms with Crippen LogP contribution in [0.3, 0.4) is 0 Å². The molecule has 4 nitrogen and oxygen atoms in total. The van der Waals surface area contributed by atoms with Crippen LogP contribution in [0.4, 0.5) is 9.52 Å². The zero-order valence-electron chi connectivity index (χ0n) is 12.9. The highest BCUT2D eigenvalue weighted by molar-refractivity contribution is 8.02. The summed E-state index contributed by atoms with van der Waals surface area (Å²) in [6, 6.07) is 5.59. The zero-order chi connectivity index (χ0) is 16.3. The van der Waals surface area contributed by atoms with E-state index in [4.69, 9.17) is 0 Å². The van der Waals surface area contributed by atoms with Crippen molar-refractivity contribution >= 4 is 34.0 Å². The predicted octanol–water partition coefficient (Wildman–Crippen LogP) is 4.25. The molecule has 1 atom stereocenters. The first-order valence-electron chi connectivity index (χ1n) is 6.83. The quantitative estimate of drug-likeness (QED) is 0.652. The van der Waals surface area contributed by atoms with Crippen molar-refractivity contribution in [2.45, 2.75) is 42.8 Å². The van der Waals surface area contributed by atoms with E-state index in [2.05, 4.69) is 15.5 Å². The van der Waals surface area contributed by atoms with Crippen molar-refractivity contribution in [2.24, 2.45) is 0 Å². The Kier molecular flexibility index (Phi) is 5.18. The van der Waals surface area contributed by atoms with Crippen LogP contribution in [0.5, 0.6) is 0 Å². The highest BCUT2D eigenvalue weighted by Gasteiger charge is 2.20. The number of carbonyl (C=O) groups excluding carboxylic acids is 1. The third-order valence-electron chi connectivity index (χ3n) is 2.66. The summed E-state index contributed by atoms with van der Waals surface area (Å²) in [5.74, 6) is -0.399. The lowest BCUT2D eigenvalue weighted by Gasteiger charge is -2.18. The molecular formula is C15H18FN3OS2. The molecule has 0 aliphatic rings. The Morgan fingerprint density at radius 1 is 1.27 bits per heavy atom. The molecule has 7 heteroatoms. The van der Waals surface area contributed by atoms with Crippen molar-refractivity contribution in [3.63, 3.8) is 0 Å². The van der Waals surface area contributed by atoms with Crippen molar-refractivity contribution in [1.82, 2.24) is 10.2 Å². The maximum Gasteiger partial charge on any atom is 0.206 e. The van der Waals surface area contributed by atoms with E-state index < -0.39 is 0 Å². The van der Waals surface area contributed by atoms with Gasteiger partial charge in [0.2, 0.25) is 5.13 Å². The Balaban J connectivity index is 2.01. The topological polar surface area (TPSA) is 54.9 Å². The summed E-state index contributed by atoms with van der Waals surface area (Å²) in [6.45, 7) is 7.94. The number of benzene rings is 1. The molecule has 1 N–H and O–H groups in total. The molecule has 22 heavy (non-hydrogen) atoms. The van der Waals surface area contributed by atoms with Crippen LogP contribution in [-0.4, -0.2) is 26.8 Å². The van der Waals surface area contributed by atoms with Gasteiger partial charge in [0.05, 0.1) is 5.25 Å². The summed E-state index contributed by atoms with van der Waals surface area (Å²) in [4.78, 5) is 12.3. The Bertz CT molecular complexity index is 650. The van der Waals surface area contributed by atoms with Gasteiger partial charge in [-0.3, -0.25) is 4.79 Å². The van der Waals surface area contributed by atoms with Gasteiger partial charge in [-0.05, 0) is 52.0 Å². The first kappa shape index (κ1) is 16.9. The average molecular weight is 339 g/mol. The smallest absolute Gasteiger partial charge is 0.206 e. The molecule has 0 amide bonds. The van der Waals surface area contributed by atoms with Crippen LogP contribution in [0, 0.1) is 5.82 Å². The zero-order valence-corrected chi connectivity index (χ0v) is 14.5. The lowest BCUT2D eigenvalue weighted by atomic mass is 10.1. The van der Waals surface area contributed by atoms with Crippen LogP contribution in [0.2, 0.25) is 0 Å². The number of thioether (sulfide) groups is 1. The molecule has 118 valence electrons. The molecule has 1 aromatic heterocycles. The molecule has 1 heterocycles. The van der Waals surface area contributed by atoms with E-state index in [9.17, 15) is 9.18 Å². The molecule has 2 aromatic rings.